The summed E-state index contributed by atoms with van der Waals surface area (Å²) in [5.74, 6) is 0.0154. The molecule has 0 saturated heterocycles. The van der Waals surface area contributed by atoms with Crippen molar-refractivity contribution in [2.45, 2.75) is 39.3 Å². The Balaban J connectivity index is 1.78. The van der Waals surface area contributed by atoms with E-state index in [2.05, 4.69) is 20.4 Å². The monoisotopic (exact) mass is 273 g/mol. The number of hydrogen-bond donors (Lipinski definition) is 1. The average Bonchev–Trinajstić information content (AvgIpc) is 2.92. The zero-order valence-corrected chi connectivity index (χ0v) is 11.8. The second-order valence-corrected chi connectivity index (χ2v) is 4.85. The van der Waals surface area contributed by atoms with Crippen LogP contribution in [0, 0.1) is 6.92 Å². The summed E-state index contributed by atoms with van der Waals surface area (Å²) in [7, 11) is 0. The fraction of sp³-hybridized carbons (Fsp3) is 0.429. The highest BCUT2D eigenvalue weighted by atomic mass is 16.1. The van der Waals surface area contributed by atoms with Crippen LogP contribution in [-0.2, 0) is 17.8 Å². The van der Waals surface area contributed by atoms with Crippen LogP contribution in [0.1, 0.15) is 24.6 Å². The lowest BCUT2D eigenvalue weighted by Crippen LogP contribution is -2.34. The summed E-state index contributed by atoms with van der Waals surface area (Å²) in [6.45, 7) is 4.56. The highest BCUT2D eigenvalue weighted by Crippen LogP contribution is 2.06. The first-order chi connectivity index (χ1) is 9.65. The van der Waals surface area contributed by atoms with Gasteiger partial charge in [0.05, 0.1) is 6.54 Å². The number of rotatable bonds is 6. The molecule has 0 aliphatic carbocycles. The maximum absolute atomic E-state index is 11.8. The molecule has 2 heterocycles. The molecule has 0 radical (unpaired) electrons. The molecule has 0 bridgehead atoms. The Morgan fingerprint density at radius 1 is 1.50 bits per heavy atom. The molecule has 6 heteroatoms. The van der Waals surface area contributed by atoms with Crippen LogP contribution in [0.3, 0.4) is 0 Å². The normalized spacial score (nSPS) is 12.1. The molecule has 0 spiro atoms. The van der Waals surface area contributed by atoms with Crippen molar-refractivity contribution in [2.24, 2.45) is 0 Å². The van der Waals surface area contributed by atoms with Gasteiger partial charge in [0.15, 0.2) is 0 Å². The van der Waals surface area contributed by atoms with Crippen molar-refractivity contribution in [3.8, 4) is 0 Å². The molecule has 1 N–H and O–H groups in total. The summed E-state index contributed by atoms with van der Waals surface area (Å²) in [6.07, 6.45) is 5.98. The van der Waals surface area contributed by atoms with Crippen molar-refractivity contribution in [3.05, 3.63) is 42.2 Å². The third-order valence-electron chi connectivity index (χ3n) is 3.06. The second-order valence-electron chi connectivity index (χ2n) is 4.85. The minimum absolute atomic E-state index is 0.0154. The predicted molar refractivity (Wildman–Crippen MR) is 74.9 cm³/mol. The quantitative estimate of drug-likeness (QED) is 0.856. The van der Waals surface area contributed by atoms with Crippen molar-refractivity contribution in [1.29, 1.82) is 0 Å². The number of carbonyl (C=O) groups is 1. The van der Waals surface area contributed by atoms with Crippen molar-refractivity contribution in [1.82, 2.24) is 25.1 Å². The van der Waals surface area contributed by atoms with E-state index in [1.807, 2.05) is 26.0 Å². The molecule has 106 valence electrons. The van der Waals surface area contributed by atoms with Crippen LogP contribution in [0.4, 0.5) is 0 Å². The Hall–Kier alpha value is -2.24. The maximum Gasteiger partial charge on any atom is 0.222 e. The van der Waals surface area contributed by atoms with Crippen LogP contribution in [0.25, 0.3) is 0 Å². The van der Waals surface area contributed by atoms with Gasteiger partial charge in [0.2, 0.25) is 5.91 Å². The number of amides is 1. The van der Waals surface area contributed by atoms with Gasteiger partial charge in [-0.25, -0.2) is 4.98 Å². The number of aromatic nitrogens is 4. The zero-order valence-electron chi connectivity index (χ0n) is 11.8. The fourth-order valence-electron chi connectivity index (χ4n) is 1.98. The van der Waals surface area contributed by atoms with Gasteiger partial charge in [-0.2, -0.15) is 5.10 Å². The number of nitrogens with one attached hydrogen (secondary N) is 1. The van der Waals surface area contributed by atoms with Gasteiger partial charge in [0.25, 0.3) is 0 Å². The summed E-state index contributed by atoms with van der Waals surface area (Å²) in [5.41, 5.74) is 2.17. The molecule has 0 aromatic carbocycles. The van der Waals surface area contributed by atoms with E-state index in [4.69, 9.17) is 0 Å². The first-order valence-electron chi connectivity index (χ1n) is 6.67. The van der Waals surface area contributed by atoms with Gasteiger partial charge in [0, 0.05) is 30.8 Å². The number of hydrogen-bond acceptors (Lipinski definition) is 4. The molecular formula is C14H19N5O. The van der Waals surface area contributed by atoms with Crippen LogP contribution in [-0.4, -0.2) is 31.7 Å². The van der Waals surface area contributed by atoms with Crippen molar-refractivity contribution < 1.29 is 4.79 Å². The summed E-state index contributed by atoms with van der Waals surface area (Å²) >= 11 is 0. The molecule has 6 nitrogen and oxygen atoms in total. The third kappa shape index (κ3) is 4.15. The van der Waals surface area contributed by atoms with Gasteiger partial charge in [-0.15, -0.1) is 0 Å². The molecule has 1 atom stereocenters. The molecular weight excluding hydrogens is 254 g/mol. The van der Waals surface area contributed by atoms with Gasteiger partial charge in [-0.3, -0.25) is 14.5 Å². The molecule has 2 aromatic heterocycles. The van der Waals surface area contributed by atoms with Crippen LogP contribution < -0.4 is 5.32 Å². The molecule has 1 amide bonds. The van der Waals surface area contributed by atoms with Gasteiger partial charge in [0.1, 0.15) is 12.7 Å². The van der Waals surface area contributed by atoms with E-state index in [-0.39, 0.29) is 11.9 Å². The molecule has 2 aromatic rings. The number of aryl methyl sites for hydroxylation is 2. The fourth-order valence-corrected chi connectivity index (χ4v) is 1.98. The Bertz CT molecular complexity index is 552. The highest BCUT2D eigenvalue weighted by Gasteiger charge is 2.10. The summed E-state index contributed by atoms with van der Waals surface area (Å²) in [5, 5.41) is 6.94. The highest BCUT2D eigenvalue weighted by molar-refractivity contribution is 5.76. The number of nitrogens with zero attached hydrogens (tertiary/aromatic N) is 4. The smallest absolute Gasteiger partial charge is 0.222 e. The standard InChI is InChI=1S/C14H19N5O/c1-11-4-3-6-16-13(11)8-12(2)18-14(20)5-7-19-10-15-9-17-19/h3-4,6,9-10,12H,5,7-8H2,1-2H3,(H,18,20)/t12-/m0/s1. The van der Waals surface area contributed by atoms with Crippen molar-refractivity contribution in [2.75, 3.05) is 0 Å². The van der Waals surface area contributed by atoms with E-state index in [1.165, 1.54) is 6.33 Å². The molecule has 0 saturated carbocycles. The Labute approximate surface area is 118 Å². The first kappa shape index (κ1) is 14.2. The lowest BCUT2D eigenvalue weighted by atomic mass is 10.1. The number of carbonyl (C=O) groups excluding carboxylic acids is 1. The largest absolute Gasteiger partial charge is 0.353 e. The van der Waals surface area contributed by atoms with E-state index in [0.717, 1.165) is 17.7 Å². The van der Waals surface area contributed by atoms with Crippen molar-refractivity contribution >= 4 is 5.91 Å². The SMILES string of the molecule is Cc1cccnc1C[C@H](C)NC(=O)CCn1cncn1. The molecule has 0 unspecified atom stereocenters. The van der Waals surface area contributed by atoms with E-state index in [9.17, 15) is 4.79 Å². The van der Waals surface area contributed by atoms with Crippen molar-refractivity contribution in [3.63, 3.8) is 0 Å². The first-order valence-corrected chi connectivity index (χ1v) is 6.67. The van der Waals surface area contributed by atoms with E-state index in [0.29, 0.717) is 13.0 Å². The molecule has 0 fully saturated rings. The van der Waals surface area contributed by atoms with Gasteiger partial charge in [-0.05, 0) is 25.5 Å². The summed E-state index contributed by atoms with van der Waals surface area (Å²) in [4.78, 5) is 20.0. The Morgan fingerprint density at radius 3 is 3.05 bits per heavy atom. The molecule has 20 heavy (non-hydrogen) atoms. The van der Waals surface area contributed by atoms with Crippen LogP contribution in [0.2, 0.25) is 0 Å². The lowest BCUT2D eigenvalue weighted by molar-refractivity contribution is -0.121. The minimum atomic E-state index is 0.0154. The molecule has 0 aliphatic heterocycles. The van der Waals surface area contributed by atoms with E-state index >= 15 is 0 Å². The van der Waals surface area contributed by atoms with Crippen LogP contribution in [0.5, 0.6) is 0 Å². The zero-order chi connectivity index (χ0) is 14.4. The lowest BCUT2D eigenvalue weighted by Gasteiger charge is -2.14. The Kier molecular flexibility index (Phi) is 4.81. The molecule has 2 rings (SSSR count). The maximum atomic E-state index is 11.8. The minimum Gasteiger partial charge on any atom is -0.353 e. The number of pyridine rings is 1. The summed E-state index contributed by atoms with van der Waals surface area (Å²) < 4.78 is 1.65. The Morgan fingerprint density at radius 2 is 2.35 bits per heavy atom. The van der Waals surface area contributed by atoms with Crippen LogP contribution >= 0.6 is 0 Å². The van der Waals surface area contributed by atoms with Gasteiger partial charge >= 0.3 is 0 Å². The average molecular weight is 273 g/mol. The van der Waals surface area contributed by atoms with Gasteiger partial charge < -0.3 is 5.32 Å². The van der Waals surface area contributed by atoms with Crippen LogP contribution in [0.15, 0.2) is 31.0 Å². The predicted octanol–water partition coefficient (Wildman–Crippen LogP) is 1.12. The third-order valence-corrected chi connectivity index (χ3v) is 3.06. The second kappa shape index (κ2) is 6.79. The van der Waals surface area contributed by atoms with E-state index in [1.54, 1.807) is 17.2 Å². The topological polar surface area (TPSA) is 72.7 Å². The summed E-state index contributed by atoms with van der Waals surface area (Å²) in [6, 6.07) is 4.01. The van der Waals surface area contributed by atoms with Gasteiger partial charge in [-0.1, -0.05) is 6.07 Å². The molecule has 0 aliphatic rings. The van der Waals surface area contributed by atoms with E-state index < -0.39 is 0 Å².